The quantitative estimate of drug-likeness (QED) is 0.641. The summed E-state index contributed by atoms with van der Waals surface area (Å²) in [6, 6.07) is 13.5. The van der Waals surface area contributed by atoms with Crippen LogP contribution in [0.5, 0.6) is 11.5 Å². The molecule has 184 valence electrons. The molecule has 0 aromatic heterocycles. The Morgan fingerprint density at radius 1 is 1.09 bits per heavy atom. The van der Waals surface area contributed by atoms with Crippen molar-refractivity contribution in [1.29, 1.82) is 0 Å². The number of anilines is 1. The summed E-state index contributed by atoms with van der Waals surface area (Å²) in [4.78, 5) is 2.89. The summed E-state index contributed by atoms with van der Waals surface area (Å²) in [5.74, 6) is 3.00. The molecule has 2 spiro atoms. The highest BCUT2D eigenvalue weighted by Gasteiger charge is 2.80. The van der Waals surface area contributed by atoms with E-state index in [-0.39, 0.29) is 28.5 Å². The Labute approximate surface area is 207 Å². The maximum atomic E-state index is 7.13. The van der Waals surface area contributed by atoms with Gasteiger partial charge >= 0.3 is 0 Å². The first-order valence-corrected chi connectivity index (χ1v) is 13.6. The minimum absolute atomic E-state index is 0.0104. The van der Waals surface area contributed by atoms with Crippen LogP contribution in [0.1, 0.15) is 61.1 Å². The van der Waals surface area contributed by atoms with E-state index >= 15 is 0 Å². The molecular formula is C30H36N2O3. The van der Waals surface area contributed by atoms with E-state index in [2.05, 4.69) is 35.2 Å². The number of hydrogen-bond donors (Lipinski definition) is 1. The molecule has 9 rings (SSSR count). The molecule has 6 atom stereocenters. The van der Waals surface area contributed by atoms with E-state index in [9.17, 15) is 0 Å². The number of rotatable bonds is 5. The summed E-state index contributed by atoms with van der Waals surface area (Å²) in [6.07, 6.45) is 8.41. The van der Waals surface area contributed by atoms with Crippen molar-refractivity contribution in [3.8, 4) is 11.5 Å². The van der Waals surface area contributed by atoms with Crippen molar-refractivity contribution in [1.82, 2.24) is 4.90 Å². The topological polar surface area (TPSA) is 57.0 Å². The summed E-state index contributed by atoms with van der Waals surface area (Å²) in [5.41, 5.74) is 11.5. The number of ether oxygens (including phenoxy) is 3. The first kappa shape index (κ1) is 20.9. The molecule has 1 saturated heterocycles. The number of nitrogen functional groups attached to an aromatic ring is 1. The lowest BCUT2D eigenvalue weighted by Crippen LogP contribution is -2.80. The number of nitrogens with two attached hydrogens (primary N) is 1. The molecule has 7 aliphatic rings. The molecule has 4 bridgehead atoms. The van der Waals surface area contributed by atoms with Gasteiger partial charge in [-0.3, -0.25) is 4.90 Å². The molecule has 2 aromatic rings. The Balaban J connectivity index is 1.38. The standard InChI is InChI=1S/C30H36N2O3/c1-33-23-10-9-19-15-24-28-11-12-30(34-2,21(16-28)20-5-3-4-6-22(20)31)27-29(28,25(19)26(23)35-27)13-14-32(24)17-18-7-8-18/h3-6,9-10,18,21,24,27H,7-8,11-17,31H2,1-2H3/t21-,24-,27-,28-,29+,30-/m1/s1. The molecule has 2 aliphatic heterocycles. The van der Waals surface area contributed by atoms with Crippen LogP contribution in [0.3, 0.4) is 0 Å². The van der Waals surface area contributed by atoms with Crippen LogP contribution in [0.15, 0.2) is 36.4 Å². The van der Waals surface area contributed by atoms with Crippen molar-refractivity contribution in [3.05, 3.63) is 53.1 Å². The second kappa shape index (κ2) is 6.74. The minimum Gasteiger partial charge on any atom is -0.493 e. The van der Waals surface area contributed by atoms with Gasteiger partial charge in [0.1, 0.15) is 11.7 Å². The van der Waals surface area contributed by atoms with E-state index in [1.54, 1.807) is 7.11 Å². The van der Waals surface area contributed by atoms with Crippen molar-refractivity contribution in [2.24, 2.45) is 11.3 Å². The maximum absolute atomic E-state index is 7.13. The molecule has 0 radical (unpaired) electrons. The number of fused-ring (bicyclic) bond motifs is 2. The van der Waals surface area contributed by atoms with Gasteiger partial charge in [0.05, 0.1) is 7.11 Å². The van der Waals surface area contributed by atoms with Gasteiger partial charge in [0.15, 0.2) is 11.5 Å². The zero-order valence-electron chi connectivity index (χ0n) is 20.9. The van der Waals surface area contributed by atoms with Crippen molar-refractivity contribution in [2.75, 3.05) is 33.0 Å². The van der Waals surface area contributed by atoms with E-state index < -0.39 is 0 Å². The van der Waals surface area contributed by atoms with Gasteiger partial charge in [-0.15, -0.1) is 0 Å². The van der Waals surface area contributed by atoms with Crippen LogP contribution in [0, 0.1) is 11.3 Å². The van der Waals surface area contributed by atoms with E-state index in [1.165, 1.54) is 42.5 Å². The number of benzene rings is 2. The zero-order valence-corrected chi connectivity index (χ0v) is 20.9. The van der Waals surface area contributed by atoms with E-state index in [0.717, 1.165) is 55.3 Å². The average Bonchev–Trinajstić information content (AvgIpc) is 3.62. The SMILES string of the molecule is COc1ccc2c3c1O[C@H]1[C@@]4(OC)CC[C@@]5(C[C@@H]4c4ccccc4N)[C@@H](C2)N(CC2CC2)CC[C@]315. The third-order valence-electron chi connectivity index (χ3n) is 11.2. The molecule has 5 fully saturated rings. The van der Waals surface area contributed by atoms with Crippen LogP contribution in [0.2, 0.25) is 0 Å². The summed E-state index contributed by atoms with van der Waals surface area (Å²) < 4.78 is 19.7. The zero-order chi connectivity index (χ0) is 23.6. The number of nitrogens with zero attached hydrogens (tertiary/aromatic N) is 1. The van der Waals surface area contributed by atoms with Crippen LogP contribution in [0.25, 0.3) is 0 Å². The number of methoxy groups -OCH3 is 2. The van der Waals surface area contributed by atoms with Gasteiger partial charge < -0.3 is 19.9 Å². The van der Waals surface area contributed by atoms with E-state index in [1.807, 2.05) is 13.2 Å². The van der Waals surface area contributed by atoms with Gasteiger partial charge in [0.25, 0.3) is 0 Å². The van der Waals surface area contributed by atoms with E-state index in [0.29, 0.717) is 6.04 Å². The minimum atomic E-state index is -0.390. The fourth-order valence-corrected chi connectivity index (χ4v) is 9.73. The van der Waals surface area contributed by atoms with Crippen LogP contribution in [-0.4, -0.2) is 50.0 Å². The van der Waals surface area contributed by atoms with Crippen molar-refractivity contribution < 1.29 is 14.2 Å². The lowest BCUT2D eigenvalue weighted by Gasteiger charge is -2.74. The summed E-state index contributed by atoms with van der Waals surface area (Å²) in [6.45, 7) is 2.43. The Hall–Kier alpha value is -2.24. The highest BCUT2D eigenvalue weighted by atomic mass is 16.6. The van der Waals surface area contributed by atoms with Gasteiger partial charge in [-0.25, -0.2) is 0 Å². The third kappa shape index (κ3) is 2.29. The summed E-state index contributed by atoms with van der Waals surface area (Å²) in [7, 11) is 3.68. The second-order valence-corrected chi connectivity index (χ2v) is 12.2. The highest BCUT2D eigenvalue weighted by molar-refractivity contribution is 5.65. The first-order chi connectivity index (χ1) is 17.1. The number of para-hydroxylation sites is 1. The molecular weight excluding hydrogens is 436 g/mol. The number of piperidine rings is 1. The fraction of sp³-hybridized carbons (Fsp3) is 0.600. The Morgan fingerprint density at radius 3 is 2.71 bits per heavy atom. The highest BCUT2D eigenvalue weighted by Crippen LogP contribution is 2.78. The Morgan fingerprint density at radius 2 is 1.94 bits per heavy atom. The molecule has 35 heavy (non-hydrogen) atoms. The molecule has 0 unspecified atom stereocenters. The van der Waals surface area contributed by atoms with Crippen LogP contribution in [0.4, 0.5) is 5.69 Å². The predicted molar refractivity (Wildman–Crippen MR) is 135 cm³/mol. The fourth-order valence-electron chi connectivity index (χ4n) is 9.73. The van der Waals surface area contributed by atoms with Crippen molar-refractivity contribution in [3.63, 3.8) is 0 Å². The molecule has 0 amide bonds. The van der Waals surface area contributed by atoms with Gasteiger partial charge in [-0.2, -0.15) is 0 Å². The smallest absolute Gasteiger partial charge is 0.165 e. The molecule has 2 N–H and O–H groups in total. The molecule has 5 heteroatoms. The van der Waals surface area contributed by atoms with Gasteiger partial charge in [-0.05, 0) is 80.7 Å². The molecule has 5 aliphatic carbocycles. The second-order valence-electron chi connectivity index (χ2n) is 12.2. The van der Waals surface area contributed by atoms with Gasteiger partial charge in [0.2, 0.25) is 0 Å². The lowest BCUT2D eigenvalue weighted by atomic mass is 9.34. The molecule has 2 aromatic carbocycles. The third-order valence-corrected chi connectivity index (χ3v) is 11.2. The molecule has 5 nitrogen and oxygen atoms in total. The first-order valence-electron chi connectivity index (χ1n) is 13.6. The number of likely N-dealkylation sites (tertiary alicyclic amines) is 1. The summed E-state index contributed by atoms with van der Waals surface area (Å²) >= 11 is 0. The predicted octanol–water partition coefficient (Wildman–Crippen LogP) is 4.67. The monoisotopic (exact) mass is 472 g/mol. The van der Waals surface area contributed by atoms with Gasteiger partial charge in [0, 0.05) is 47.7 Å². The lowest BCUT2D eigenvalue weighted by molar-refractivity contribution is -0.261. The van der Waals surface area contributed by atoms with Crippen molar-refractivity contribution in [2.45, 2.75) is 74.0 Å². The Bertz CT molecular complexity index is 1230. The molecule has 2 heterocycles. The number of hydrogen-bond acceptors (Lipinski definition) is 5. The maximum Gasteiger partial charge on any atom is 0.165 e. The van der Waals surface area contributed by atoms with Crippen molar-refractivity contribution >= 4 is 5.69 Å². The van der Waals surface area contributed by atoms with Gasteiger partial charge in [-0.1, -0.05) is 24.3 Å². The van der Waals surface area contributed by atoms with Crippen LogP contribution >= 0.6 is 0 Å². The average molecular weight is 473 g/mol. The van der Waals surface area contributed by atoms with Crippen LogP contribution < -0.4 is 15.2 Å². The normalized spacial score (nSPS) is 40.3. The molecule has 4 saturated carbocycles. The van der Waals surface area contributed by atoms with E-state index in [4.69, 9.17) is 19.9 Å². The Kier molecular flexibility index (Phi) is 4.03. The summed E-state index contributed by atoms with van der Waals surface area (Å²) in [5, 5.41) is 0. The largest absolute Gasteiger partial charge is 0.493 e. The van der Waals surface area contributed by atoms with Crippen LogP contribution in [-0.2, 0) is 16.6 Å².